The van der Waals surface area contributed by atoms with Crippen molar-refractivity contribution in [3.63, 3.8) is 0 Å². The number of carboxylic acid groups (broad SMARTS) is 1. The lowest BCUT2D eigenvalue weighted by Gasteiger charge is -2.05. The number of aliphatic hydroxyl groups is 1. The molecule has 0 atom stereocenters. The summed E-state index contributed by atoms with van der Waals surface area (Å²) in [6.07, 6.45) is 0.106. The van der Waals surface area contributed by atoms with Crippen molar-refractivity contribution in [1.29, 1.82) is 5.26 Å². The molecule has 4 rings (SSSR count). The number of halogens is 1. The normalized spacial score (nSPS) is 9.53. The third-order valence-corrected chi connectivity index (χ3v) is 8.79. The summed E-state index contributed by atoms with van der Waals surface area (Å²) < 4.78 is 36.3. The molecule has 4 aromatic carbocycles. The summed E-state index contributed by atoms with van der Waals surface area (Å²) in [6.45, 7) is -0.269. The van der Waals surface area contributed by atoms with Gasteiger partial charge in [0.2, 0.25) is 0 Å². The first kappa shape index (κ1) is 56.1. The van der Waals surface area contributed by atoms with Crippen LogP contribution >= 0.6 is 15.9 Å². The van der Waals surface area contributed by atoms with Crippen molar-refractivity contribution in [1.82, 2.24) is 0 Å². The number of esters is 8. The molecular formula is C45H44BrNO19. The zero-order valence-electron chi connectivity index (χ0n) is 36.7. The van der Waals surface area contributed by atoms with E-state index in [4.69, 9.17) is 15.5 Å². The highest BCUT2D eigenvalue weighted by molar-refractivity contribution is 9.08. The van der Waals surface area contributed by atoms with E-state index in [1.165, 1.54) is 91.2 Å². The number of carbonyl (C=O) groups is 9. The van der Waals surface area contributed by atoms with Crippen molar-refractivity contribution >= 4 is 69.7 Å². The topological polar surface area (TPSA) is 292 Å². The van der Waals surface area contributed by atoms with Crippen LogP contribution < -0.4 is 0 Å². The van der Waals surface area contributed by atoms with Crippen LogP contribution in [0.2, 0.25) is 0 Å². The van der Waals surface area contributed by atoms with E-state index < -0.39 is 53.7 Å². The Morgan fingerprint density at radius 2 is 0.621 bits per heavy atom. The van der Waals surface area contributed by atoms with Crippen molar-refractivity contribution in [2.24, 2.45) is 0 Å². The van der Waals surface area contributed by atoms with Crippen molar-refractivity contribution in [2.45, 2.75) is 18.4 Å². The van der Waals surface area contributed by atoms with E-state index in [1.807, 2.05) is 6.07 Å². The summed E-state index contributed by atoms with van der Waals surface area (Å²) in [7, 11) is 9.88. The fourth-order valence-corrected chi connectivity index (χ4v) is 5.40. The number of alkyl halides is 1. The Hall–Kier alpha value is -7.96. The SMILES string of the molecule is COC(=O)c1cc(C(=O)O)cc(C(=O)OC)c1.COC(=O)c1cc(CBr)cc(C(=O)OC)c1.COC(=O)c1cc(CC#N)cc(C(=O)OC)c1.COC(=O)c1cc(CO)cc(C(=O)OC)c1. The molecule has 0 saturated carbocycles. The van der Waals surface area contributed by atoms with E-state index in [0.29, 0.717) is 27.6 Å². The number of carbonyl (C=O) groups excluding carboxylic acids is 8. The molecular weight excluding hydrogens is 938 g/mol. The van der Waals surface area contributed by atoms with E-state index in [2.05, 4.69) is 53.8 Å². The summed E-state index contributed by atoms with van der Waals surface area (Å²) in [6, 6.07) is 18.9. The van der Waals surface area contributed by atoms with Crippen LogP contribution in [0.15, 0.2) is 72.8 Å². The molecule has 0 saturated heterocycles. The number of methoxy groups -OCH3 is 8. The average molecular weight is 983 g/mol. The summed E-state index contributed by atoms with van der Waals surface area (Å²) in [4.78, 5) is 101. The van der Waals surface area contributed by atoms with Gasteiger partial charge in [-0.05, 0) is 89.5 Å². The number of hydrogen-bond donors (Lipinski definition) is 2. The first-order chi connectivity index (χ1) is 31.3. The van der Waals surface area contributed by atoms with Gasteiger partial charge >= 0.3 is 53.7 Å². The van der Waals surface area contributed by atoms with E-state index >= 15 is 0 Å². The predicted molar refractivity (Wildman–Crippen MR) is 231 cm³/mol. The van der Waals surface area contributed by atoms with Crippen molar-refractivity contribution in [2.75, 3.05) is 56.9 Å². The summed E-state index contributed by atoms with van der Waals surface area (Å²) in [5.41, 5.74) is 3.11. The molecule has 0 aliphatic carbocycles. The standard InChI is InChI=1S/C12H11NO4.C11H11BrO4.C11H10O6.C11H12O5/c1-16-11(14)9-5-8(3-4-13)6-10(7-9)12(15)17-2;1-15-10(13)8-3-7(6-12)4-9(5-8)11(14)16-2;1-16-10(14)7-3-6(9(12)13)4-8(5-7)11(15)17-2;1-15-10(13)8-3-7(6-12)4-9(5-8)11(14)16-2/h5-7H,3H2,1-2H3;3-5H,6H2,1-2H3;3-5H,1-2H3,(H,12,13);3-5,12H,6H2,1-2H3. The molecule has 20 nitrogen and oxygen atoms in total. The van der Waals surface area contributed by atoms with E-state index in [0.717, 1.165) is 31.9 Å². The van der Waals surface area contributed by atoms with Crippen LogP contribution in [-0.2, 0) is 56.3 Å². The van der Waals surface area contributed by atoms with E-state index in [1.54, 1.807) is 12.1 Å². The summed E-state index contributed by atoms with van der Waals surface area (Å²) in [5, 5.41) is 27.0. The molecule has 4 aromatic rings. The number of aromatic carboxylic acids is 1. The molecule has 350 valence electrons. The molecule has 0 fully saturated rings. The number of benzene rings is 4. The van der Waals surface area contributed by atoms with Crippen molar-refractivity contribution in [3.05, 3.63) is 140 Å². The molecule has 21 heteroatoms. The molecule has 0 bridgehead atoms. The maximum Gasteiger partial charge on any atom is 0.337 e. The van der Waals surface area contributed by atoms with Crippen LogP contribution in [0.1, 0.15) is 110 Å². The molecule has 0 radical (unpaired) electrons. The second-order valence-electron chi connectivity index (χ2n) is 12.4. The number of nitriles is 1. The molecule has 66 heavy (non-hydrogen) atoms. The van der Waals surface area contributed by atoms with Gasteiger partial charge in [-0.1, -0.05) is 15.9 Å². The maximum atomic E-state index is 11.4. The van der Waals surface area contributed by atoms with E-state index in [9.17, 15) is 43.2 Å². The largest absolute Gasteiger partial charge is 0.478 e. The van der Waals surface area contributed by atoms with Crippen molar-refractivity contribution < 1.29 is 91.3 Å². The Balaban J connectivity index is 0.000000440. The third-order valence-electron chi connectivity index (χ3n) is 8.15. The first-order valence-electron chi connectivity index (χ1n) is 18.4. The minimum absolute atomic E-state index is 0.0206. The van der Waals surface area contributed by atoms with Gasteiger partial charge in [-0.2, -0.15) is 5.26 Å². The molecule has 2 N–H and O–H groups in total. The Bertz CT molecular complexity index is 2260. The van der Waals surface area contributed by atoms with Crippen LogP contribution in [0.25, 0.3) is 0 Å². The third kappa shape index (κ3) is 17.3. The van der Waals surface area contributed by atoms with Gasteiger partial charge in [-0.15, -0.1) is 0 Å². The quantitative estimate of drug-likeness (QED) is 0.105. The Morgan fingerprint density at radius 3 is 0.818 bits per heavy atom. The number of rotatable bonds is 12. The lowest BCUT2D eigenvalue weighted by molar-refractivity contribution is 0.0580. The monoisotopic (exact) mass is 981 g/mol. The van der Waals surface area contributed by atoms with Gasteiger partial charge in [0.05, 0.1) is 126 Å². The Labute approximate surface area is 385 Å². The van der Waals surface area contributed by atoms with Crippen LogP contribution in [0.5, 0.6) is 0 Å². The van der Waals surface area contributed by atoms with Gasteiger partial charge in [0.15, 0.2) is 0 Å². The molecule has 0 heterocycles. The number of nitrogens with zero attached hydrogens (tertiary/aromatic N) is 1. The Morgan fingerprint density at radius 1 is 0.409 bits per heavy atom. The molecule has 0 unspecified atom stereocenters. The van der Waals surface area contributed by atoms with Gasteiger partial charge in [-0.25, -0.2) is 43.2 Å². The highest BCUT2D eigenvalue weighted by Crippen LogP contribution is 2.17. The minimum Gasteiger partial charge on any atom is -0.478 e. The first-order valence-corrected chi connectivity index (χ1v) is 19.5. The molecule has 0 aliphatic heterocycles. The molecule has 0 amide bonds. The van der Waals surface area contributed by atoms with Gasteiger partial charge in [0.25, 0.3) is 0 Å². The van der Waals surface area contributed by atoms with Crippen molar-refractivity contribution in [3.8, 4) is 6.07 Å². The van der Waals surface area contributed by atoms with Gasteiger partial charge < -0.3 is 48.1 Å². The second-order valence-corrected chi connectivity index (χ2v) is 13.0. The van der Waals surface area contributed by atoms with Gasteiger partial charge in [0, 0.05) is 5.33 Å². The number of aliphatic hydroxyl groups excluding tert-OH is 1. The lowest BCUT2D eigenvalue weighted by atomic mass is 10.0. The fourth-order valence-electron chi connectivity index (χ4n) is 5.07. The number of ether oxygens (including phenoxy) is 8. The second kappa shape index (κ2) is 28.7. The molecule has 0 spiro atoms. The maximum absolute atomic E-state index is 11.4. The zero-order valence-corrected chi connectivity index (χ0v) is 38.3. The summed E-state index contributed by atoms with van der Waals surface area (Å²) in [5.74, 6) is -5.91. The molecule has 0 aliphatic rings. The number of carboxylic acids is 1. The fraction of sp³-hybridized carbons (Fsp3) is 0.244. The Kier molecular flexibility index (Phi) is 24.4. The molecule has 0 aromatic heterocycles. The smallest absolute Gasteiger partial charge is 0.337 e. The highest BCUT2D eigenvalue weighted by atomic mass is 79.9. The number of hydrogen-bond acceptors (Lipinski definition) is 19. The van der Waals surface area contributed by atoms with Crippen LogP contribution in [0.4, 0.5) is 0 Å². The van der Waals surface area contributed by atoms with Crippen LogP contribution in [0, 0.1) is 11.3 Å². The van der Waals surface area contributed by atoms with Crippen LogP contribution in [-0.4, -0.2) is 121 Å². The predicted octanol–water partition coefficient (Wildman–Crippen LogP) is 5.19. The van der Waals surface area contributed by atoms with Crippen LogP contribution in [0.3, 0.4) is 0 Å². The lowest BCUT2D eigenvalue weighted by Crippen LogP contribution is -2.09. The van der Waals surface area contributed by atoms with Gasteiger partial charge in [-0.3, -0.25) is 0 Å². The zero-order chi connectivity index (χ0) is 50.1. The minimum atomic E-state index is -1.25. The summed E-state index contributed by atoms with van der Waals surface area (Å²) >= 11 is 3.26. The van der Waals surface area contributed by atoms with Gasteiger partial charge in [0.1, 0.15) is 0 Å². The van der Waals surface area contributed by atoms with E-state index in [-0.39, 0.29) is 52.0 Å². The average Bonchev–Trinajstić information content (AvgIpc) is 3.36. The highest BCUT2D eigenvalue weighted by Gasteiger charge is 2.18.